The van der Waals surface area contributed by atoms with Crippen LogP contribution >= 0.6 is 0 Å². The van der Waals surface area contributed by atoms with Gasteiger partial charge in [0.15, 0.2) is 23.4 Å². The van der Waals surface area contributed by atoms with Gasteiger partial charge in [0.1, 0.15) is 24.4 Å². The summed E-state index contributed by atoms with van der Waals surface area (Å²) in [6, 6.07) is 0. The summed E-state index contributed by atoms with van der Waals surface area (Å²) >= 11 is 0. The van der Waals surface area contributed by atoms with Crippen LogP contribution in [0.5, 0.6) is 0 Å². The summed E-state index contributed by atoms with van der Waals surface area (Å²) < 4.78 is 48.6. The molecule has 15 heteroatoms. The molecule has 10 unspecified atom stereocenters. The van der Waals surface area contributed by atoms with E-state index in [1.165, 1.54) is 20.8 Å². The molecular formula is C34H46O15. The second-order valence-electron chi connectivity index (χ2n) is 14.1. The Kier molecular flexibility index (Phi) is 10.1. The van der Waals surface area contributed by atoms with Crippen molar-refractivity contribution in [1.29, 1.82) is 0 Å². The first kappa shape index (κ1) is 37.8. The van der Waals surface area contributed by atoms with Gasteiger partial charge in [-0.1, -0.05) is 20.8 Å². The smallest absolute Gasteiger partial charge is 0.303 e. The van der Waals surface area contributed by atoms with Crippen LogP contribution in [0.4, 0.5) is 0 Å². The van der Waals surface area contributed by atoms with Crippen LogP contribution in [-0.4, -0.2) is 96.2 Å². The Morgan fingerprint density at radius 2 is 1.16 bits per heavy atom. The Morgan fingerprint density at radius 1 is 0.653 bits per heavy atom. The fourth-order valence-electron chi connectivity index (χ4n) is 9.04. The molecule has 4 rings (SSSR count). The van der Waals surface area contributed by atoms with Crippen molar-refractivity contribution in [1.82, 2.24) is 0 Å². The molecule has 0 spiro atoms. The van der Waals surface area contributed by atoms with Gasteiger partial charge in [0.05, 0.1) is 17.9 Å². The van der Waals surface area contributed by atoms with E-state index in [2.05, 4.69) is 0 Å². The Hall–Kier alpha value is -4.01. The van der Waals surface area contributed by atoms with E-state index in [0.717, 1.165) is 27.7 Å². The fourth-order valence-corrected chi connectivity index (χ4v) is 9.04. The first-order valence-corrected chi connectivity index (χ1v) is 16.1. The average molecular weight is 695 g/mol. The molecule has 1 heterocycles. The summed E-state index contributed by atoms with van der Waals surface area (Å²) in [7, 11) is 0. The van der Waals surface area contributed by atoms with Crippen LogP contribution in [0.1, 0.15) is 89.0 Å². The highest BCUT2D eigenvalue weighted by atomic mass is 16.6. The SMILES string of the molecule is CC(=O)OC1CC2(OC(C)=O)C(OC(C)=O)C3C4(OC(C)=O)COC4CC(OC(C)=O)C3(C)C(OC(C)=O)C(OC(C)=O)C(=C1C)C2(C)C. The summed E-state index contributed by atoms with van der Waals surface area (Å²) in [5, 5.41) is 0. The monoisotopic (exact) mass is 694 g/mol. The van der Waals surface area contributed by atoms with Gasteiger partial charge >= 0.3 is 41.8 Å². The van der Waals surface area contributed by atoms with Crippen molar-refractivity contribution < 1.29 is 71.5 Å². The van der Waals surface area contributed by atoms with Gasteiger partial charge in [-0.05, 0) is 18.1 Å². The van der Waals surface area contributed by atoms with E-state index in [-0.39, 0.29) is 25.0 Å². The third-order valence-electron chi connectivity index (χ3n) is 10.6. The van der Waals surface area contributed by atoms with Crippen molar-refractivity contribution in [2.24, 2.45) is 16.7 Å². The molecule has 15 nitrogen and oxygen atoms in total. The number of carbonyl (C=O) groups is 7. The second kappa shape index (κ2) is 13.0. The van der Waals surface area contributed by atoms with Crippen LogP contribution in [0.15, 0.2) is 11.1 Å². The molecule has 49 heavy (non-hydrogen) atoms. The Balaban J connectivity index is 2.31. The minimum atomic E-state index is -1.95. The summed E-state index contributed by atoms with van der Waals surface area (Å²) in [5.41, 5.74) is -6.13. The largest absolute Gasteiger partial charge is 0.462 e. The van der Waals surface area contributed by atoms with Gasteiger partial charge in [0.2, 0.25) is 0 Å². The highest BCUT2D eigenvalue weighted by molar-refractivity contribution is 5.72. The summed E-state index contributed by atoms with van der Waals surface area (Å²) in [5.74, 6) is -6.71. The molecule has 4 aliphatic rings. The Morgan fingerprint density at radius 3 is 1.61 bits per heavy atom. The molecule has 0 aromatic carbocycles. The van der Waals surface area contributed by atoms with E-state index in [0.29, 0.717) is 5.57 Å². The second-order valence-corrected chi connectivity index (χ2v) is 14.1. The predicted octanol–water partition coefficient (Wildman–Crippen LogP) is 2.43. The molecule has 2 bridgehead atoms. The number of fused-ring (bicyclic) bond motifs is 5. The zero-order valence-corrected chi connectivity index (χ0v) is 29.8. The first-order chi connectivity index (χ1) is 22.5. The molecule has 10 atom stereocenters. The summed E-state index contributed by atoms with van der Waals surface area (Å²) in [6.45, 7) is 14.5. The number of rotatable bonds is 7. The van der Waals surface area contributed by atoms with E-state index in [4.69, 9.17) is 37.9 Å². The number of carbonyl (C=O) groups excluding carboxylic acids is 7. The van der Waals surface area contributed by atoms with Crippen LogP contribution in [0, 0.1) is 16.7 Å². The maximum Gasteiger partial charge on any atom is 0.303 e. The van der Waals surface area contributed by atoms with E-state index < -0.39 is 106 Å². The number of esters is 7. The van der Waals surface area contributed by atoms with Gasteiger partial charge in [-0.25, -0.2) is 0 Å². The van der Waals surface area contributed by atoms with Crippen molar-refractivity contribution in [3.63, 3.8) is 0 Å². The van der Waals surface area contributed by atoms with Crippen molar-refractivity contribution >= 4 is 41.8 Å². The first-order valence-electron chi connectivity index (χ1n) is 16.1. The third-order valence-corrected chi connectivity index (χ3v) is 10.6. The molecule has 0 radical (unpaired) electrons. The van der Waals surface area contributed by atoms with Crippen LogP contribution in [0.3, 0.4) is 0 Å². The third kappa shape index (κ3) is 6.18. The lowest BCUT2D eigenvalue weighted by atomic mass is 9.44. The minimum absolute atomic E-state index is 0.0741. The number of hydrogen-bond donors (Lipinski definition) is 0. The highest BCUT2D eigenvalue weighted by Crippen LogP contribution is 2.67. The minimum Gasteiger partial charge on any atom is -0.462 e. The molecular weight excluding hydrogens is 648 g/mol. The lowest BCUT2D eigenvalue weighted by Crippen LogP contribution is -2.83. The molecule has 1 aliphatic heterocycles. The number of ether oxygens (including phenoxy) is 8. The molecule has 0 amide bonds. The van der Waals surface area contributed by atoms with Gasteiger partial charge in [-0.2, -0.15) is 0 Å². The van der Waals surface area contributed by atoms with E-state index in [9.17, 15) is 33.6 Å². The molecule has 3 fully saturated rings. The average Bonchev–Trinajstić information content (AvgIpc) is 2.91. The molecule has 0 aromatic rings. The van der Waals surface area contributed by atoms with Gasteiger partial charge in [-0.3, -0.25) is 33.6 Å². The van der Waals surface area contributed by atoms with E-state index in [1.54, 1.807) is 27.7 Å². The van der Waals surface area contributed by atoms with Gasteiger partial charge in [0, 0.05) is 66.7 Å². The zero-order chi connectivity index (χ0) is 37.0. The molecule has 3 aliphatic carbocycles. The topological polar surface area (TPSA) is 193 Å². The Bertz CT molecular complexity index is 1480. The van der Waals surface area contributed by atoms with Gasteiger partial charge in [-0.15, -0.1) is 0 Å². The normalized spacial score (nSPS) is 37.2. The lowest BCUT2D eigenvalue weighted by Gasteiger charge is -2.69. The predicted molar refractivity (Wildman–Crippen MR) is 164 cm³/mol. The fraction of sp³-hybridized carbons (Fsp3) is 0.735. The van der Waals surface area contributed by atoms with Crippen LogP contribution in [0.25, 0.3) is 0 Å². The van der Waals surface area contributed by atoms with Crippen LogP contribution < -0.4 is 0 Å². The number of hydrogen-bond acceptors (Lipinski definition) is 15. The maximum absolute atomic E-state index is 13.3. The molecule has 272 valence electrons. The van der Waals surface area contributed by atoms with Crippen molar-refractivity contribution in [3.8, 4) is 0 Å². The van der Waals surface area contributed by atoms with Crippen molar-refractivity contribution in [3.05, 3.63) is 11.1 Å². The van der Waals surface area contributed by atoms with Gasteiger partial charge in [0.25, 0.3) is 0 Å². The van der Waals surface area contributed by atoms with E-state index >= 15 is 0 Å². The highest BCUT2D eigenvalue weighted by Gasteiger charge is 2.80. The summed E-state index contributed by atoms with van der Waals surface area (Å²) in [6.07, 6.45) is -8.19. The Labute approximate surface area is 284 Å². The standard InChI is InChI=1S/C34H46O15/c1-15-23(43-16(2)35)13-34(49-22(8)41)30(47-20(6)39)28-32(11,24(44-17(3)36)12-25-33(28,14-42-25)48-21(7)40)29(46-19(5)38)27(45-18(4)37)26(15)31(34,9)10/h23-25,27-30H,12-14H2,1-11H3. The lowest BCUT2D eigenvalue weighted by molar-refractivity contribution is -0.367. The van der Waals surface area contributed by atoms with Crippen LogP contribution in [-0.2, 0) is 71.5 Å². The van der Waals surface area contributed by atoms with Crippen molar-refractivity contribution in [2.45, 2.75) is 137 Å². The van der Waals surface area contributed by atoms with Gasteiger partial charge < -0.3 is 37.9 Å². The zero-order valence-electron chi connectivity index (χ0n) is 29.8. The quantitative estimate of drug-likeness (QED) is 0.214. The maximum atomic E-state index is 13.3. The van der Waals surface area contributed by atoms with E-state index in [1.807, 2.05) is 0 Å². The van der Waals surface area contributed by atoms with Crippen LogP contribution in [0.2, 0.25) is 0 Å². The summed E-state index contributed by atoms with van der Waals surface area (Å²) in [4.78, 5) is 90.8. The molecule has 0 aromatic heterocycles. The molecule has 0 N–H and O–H groups in total. The molecule has 1 saturated heterocycles. The van der Waals surface area contributed by atoms with Crippen molar-refractivity contribution in [2.75, 3.05) is 6.61 Å². The molecule has 2 saturated carbocycles.